The van der Waals surface area contributed by atoms with Crippen LogP contribution < -0.4 is 0 Å². The number of likely N-dealkylation sites (tertiary alicyclic amines) is 1. The summed E-state index contributed by atoms with van der Waals surface area (Å²) in [6, 6.07) is 3.73. The van der Waals surface area contributed by atoms with Gasteiger partial charge in [-0.25, -0.2) is 0 Å². The summed E-state index contributed by atoms with van der Waals surface area (Å²) in [5.74, 6) is -0.239. The van der Waals surface area contributed by atoms with Crippen LogP contribution in [-0.2, 0) is 22.1 Å². The van der Waals surface area contributed by atoms with Crippen LogP contribution in [0.25, 0.3) is 0 Å². The van der Waals surface area contributed by atoms with Crippen molar-refractivity contribution in [1.29, 1.82) is 0 Å². The van der Waals surface area contributed by atoms with E-state index in [1.165, 1.54) is 11.0 Å². The number of halogens is 3. The molecular weight excluding hydrogens is 385 g/mol. The van der Waals surface area contributed by atoms with Gasteiger partial charge in [-0.15, -0.1) is 0 Å². The maximum absolute atomic E-state index is 13.0. The third kappa shape index (κ3) is 4.48. The molecule has 29 heavy (non-hydrogen) atoms. The van der Waals surface area contributed by atoms with Crippen LogP contribution in [0.2, 0.25) is 0 Å². The smallest absolute Gasteiger partial charge is 0.380 e. The minimum atomic E-state index is -4.49. The normalized spacial score (nSPS) is 25.5. The highest BCUT2D eigenvalue weighted by Gasteiger charge is 2.35. The molecule has 2 unspecified atom stereocenters. The number of ketones is 1. The average Bonchev–Trinajstić information content (AvgIpc) is 3.34. The Balaban J connectivity index is 1.34. The highest BCUT2D eigenvalue weighted by molar-refractivity contribution is 5.99. The van der Waals surface area contributed by atoms with Gasteiger partial charge in [0.2, 0.25) is 0 Å². The van der Waals surface area contributed by atoms with Gasteiger partial charge in [0.1, 0.15) is 0 Å². The van der Waals surface area contributed by atoms with E-state index < -0.39 is 17.6 Å². The molecule has 0 aliphatic carbocycles. The van der Waals surface area contributed by atoms with Gasteiger partial charge >= 0.3 is 6.18 Å². The van der Waals surface area contributed by atoms with Gasteiger partial charge in [-0.3, -0.25) is 14.5 Å². The van der Waals surface area contributed by atoms with Crippen LogP contribution in [0.3, 0.4) is 0 Å². The molecule has 0 radical (unpaired) electrons. The first-order valence-electron chi connectivity index (χ1n) is 10.1. The number of rotatable bonds is 5. The molecule has 0 saturated carbocycles. The van der Waals surface area contributed by atoms with Crippen molar-refractivity contribution in [2.75, 3.05) is 39.4 Å². The number of Topliss-reactive ketones (excluding diaryl/α,β-unsaturated/α-hetero) is 1. The Morgan fingerprint density at radius 1 is 1.21 bits per heavy atom. The lowest BCUT2D eigenvalue weighted by molar-refractivity contribution is -0.137. The minimum absolute atomic E-state index is 0.0247. The highest BCUT2D eigenvalue weighted by atomic mass is 19.4. The van der Waals surface area contributed by atoms with E-state index in [-0.39, 0.29) is 23.8 Å². The summed E-state index contributed by atoms with van der Waals surface area (Å²) in [7, 11) is 0. The van der Waals surface area contributed by atoms with Gasteiger partial charge in [-0.1, -0.05) is 6.07 Å². The van der Waals surface area contributed by atoms with E-state index in [1.807, 2.05) is 0 Å². The number of fused-ring (bicyclic) bond motifs is 1. The summed E-state index contributed by atoms with van der Waals surface area (Å²) in [5.41, 5.74) is -0.163. The number of ether oxygens (including phenoxy) is 1. The molecular formula is C21H25F3N2O3. The molecule has 2 atom stereocenters. The molecule has 8 heteroatoms. The van der Waals surface area contributed by atoms with Crippen molar-refractivity contribution in [2.24, 2.45) is 5.92 Å². The van der Waals surface area contributed by atoms with Crippen LogP contribution in [0.4, 0.5) is 13.2 Å². The van der Waals surface area contributed by atoms with Crippen molar-refractivity contribution >= 4 is 11.7 Å². The van der Waals surface area contributed by atoms with E-state index in [0.29, 0.717) is 31.0 Å². The third-order valence-electron chi connectivity index (χ3n) is 6.23. The zero-order valence-electron chi connectivity index (χ0n) is 16.2. The standard InChI is InChI=1S/C21H25F3N2O3/c22-21(23,24)16-2-1-15-4-7-26(20(28)19(15)10-16)12-18(27)9-14-3-6-25(11-14)17-5-8-29-13-17/h1-2,10,14,17H,3-9,11-13H2. The van der Waals surface area contributed by atoms with E-state index >= 15 is 0 Å². The number of benzene rings is 1. The fraction of sp³-hybridized carbons (Fsp3) is 0.619. The van der Waals surface area contributed by atoms with Crippen LogP contribution >= 0.6 is 0 Å². The Labute approximate surface area is 167 Å². The van der Waals surface area contributed by atoms with Gasteiger partial charge in [0.05, 0.1) is 18.7 Å². The maximum atomic E-state index is 13.0. The summed E-state index contributed by atoms with van der Waals surface area (Å²) in [6.45, 7) is 3.70. The SMILES string of the molecule is O=C(CC1CCN(C2CCOC2)C1)CN1CCc2ccc(C(F)(F)F)cc2C1=O. The second-order valence-corrected chi connectivity index (χ2v) is 8.26. The number of amides is 1. The van der Waals surface area contributed by atoms with Gasteiger partial charge in [-0.05, 0) is 49.4 Å². The lowest BCUT2D eigenvalue weighted by Crippen LogP contribution is -2.41. The van der Waals surface area contributed by atoms with Crippen molar-refractivity contribution in [3.63, 3.8) is 0 Å². The molecule has 1 amide bonds. The number of hydrogen-bond donors (Lipinski definition) is 0. The summed E-state index contributed by atoms with van der Waals surface area (Å²) < 4.78 is 44.3. The molecule has 158 valence electrons. The van der Waals surface area contributed by atoms with E-state index in [4.69, 9.17) is 4.74 Å². The van der Waals surface area contributed by atoms with Crippen molar-refractivity contribution in [1.82, 2.24) is 9.80 Å². The summed E-state index contributed by atoms with van der Waals surface area (Å²) in [5, 5.41) is 0. The molecule has 0 N–H and O–H groups in total. The third-order valence-corrected chi connectivity index (χ3v) is 6.23. The van der Waals surface area contributed by atoms with Crippen LogP contribution in [0.5, 0.6) is 0 Å². The zero-order chi connectivity index (χ0) is 20.6. The highest BCUT2D eigenvalue weighted by Crippen LogP contribution is 2.32. The Hall–Kier alpha value is -1.93. The molecule has 1 aromatic rings. The van der Waals surface area contributed by atoms with Gasteiger partial charge in [-0.2, -0.15) is 13.2 Å². The van der Waals surface area contributed by atoms with Crippen molar-refractivity contribution in [3.8, 4) is 0 Å². The molecule has 3 heterocycles. The molecule has 2 fully saturated rings. The predicted octanol–water partition coefficient (Wildman–Crippen LogP) is 2.77. The zero-order valence-corrected chi connectivity index (χ0v) is 16.2. The van der Waals surface area contributed by atoms with E-state index in [0.717, 1.165) is 51.3 Å². The van der Waals surface area contributed by atoms with Crippen molar-refractivity contribution in [2.45, 2.75) is 37.9 Å². The second kappa shape index (κ2) is 8.07. The summed E-state index contributed by atoms with van der Waals surface area (Å²) >= 11 is 0. The largest absolute Gasteiger partial charge is 0.416 e. The monoisotopic (exact) mass is 410 g/mol. The van der Waals surface area contributed by atoms with Crippen molar-refractivity contribution in [3.05, 3.63) is 34.9 Å². The van der Waals surface area contributed by atoms with Gasteiger partial charge < -0.3 is 9.64 Å². The molecule has 0 bridgehead atoms. The molecule has 4 rings (SSSR count). The first-order valence-corrected chi connectivity index (χ1v) is 10.1. The van der Waals surface area contributed by atoms with Gasteiger partial charge in [0.15, 0.2) is 5.78 Å². The predicted molar refractivity (Wildman–Crippen MR) is 99.6 cm³/mol. The topological polar surface area (TPSA) is 49.9 Å². The lowest BCUT2D eigenvalue weighted by Gasteiger charge is -2.29. The Kier molecular flexibility index (Phi) is 5.66. The molecule has 1 aromatic carbocycles. The van der Waals surface area contributed by atoms with Crippen LogP contribution in [0, 0.1) is 5.92 Å². The fourth-order valence-corrected chi connectivity index (χ4v) is 4.62. The van der Waals surface area contributed by atoms with Gasteiger partial charge in [0.25, 0.3) is 5.91 Å². The Morgan fingerprint density at radius 3 is 2.76 bits per heavy atom. The van der Waals surface area contributed by atoms with E-state index in [9.17, 15) is 22.8 Å². The van der Waals surface area contributed by atoms with E-state index in [2.05, 4.69) is 4.90 Å². The molecule has 0 aromatic heterocycles. The van der Waals surface area contributed by atoms with Gasteiger partial charge in [0, 0.05) is 37.7 Å². The number of hydrogen-bond acceptors (Lipinski definition) is 4. The maximum Gasteiger partial charge on any atom is 0.416 e. The van der Waals surface area contributed by atoms with Crippen molar-refractivity contribution < 1.29 is 27.5 Å². The van der Waals surface area contributed by atoms with Crippen LogP contribution in [0.15, 0.2) is 18.2 Å². The minimum Gasteiger partial charge on any atom is -0.380 e. The number of nitrogens with zero attached hydrogens (tertiary/aromatic N) is 2. The molecule has 2 saturated heterocycles. The van der Waals surface area contributed by atoms with E-state index in [1.54, 1.807) is 0 Å². The second-order valence-electron chi connectivity index (χ2n) is 8.26. The quantitative estimate of drug-likeness (QED) is 0.749. The first kappa shape index (κ1) is 20.3. The number of carbonyl (C=O) groups excluding carboxylic acids is 2. The number of carbonyl (C=O) groups is 2. The average molecular weight is 410 g/mol. The molecule has 3 aliphatic heterocycles. The Morgan fingerprint density at radius 2 is 2.03 bits per heavy atom. The molecule has 0 spiro atoms. The lowest BCUT2D eigenvalue weighted by atomic mass is 9.95. The first-order chi connectivity index (χ1) is 13.8. The Bertz CT molecular complexity index is 790. The van der Waals surface area contributed by atoms with Crippen LogP contribution in [0.1, 0.15) is 40.7 Å². The van der Waals surface area contributed by atoms with Crippen LogP contribution in [-0.4, -0.2) is 66.9 Å². The number of alkyl halides is 3. The summed E-state index contributed by atoms with van der Waals surface area (Å²) in [4.78, 5) is 29.0. The molecule has 3 aliphatic rings. The fourth-order valence-electron chi connectivity index (χ4n) is 4.62. The molecule has 5 nitrogen and oxygen atoms in total. The summed E-state index contributed by atoms with van der Waals surface area (Å²) in [6.07, 6.45) is -1.64.